The molecule has 1 spiro atoms. The zero-order chi connectivity index (χ0) is 28.6. The molecule has 3 aliphatic rings. The molecule has 208 valence electrons. The molecule has 0 fully saturated rings. The Labute approximate surface area is 245 Å². The van der Waals surface area contributed by atoms with Crippen LogP contribution in [-0.4, -0.2) is 0 Å². The Balaban J connectivity index is 1.37. The summed E-state index contributed by atoms with van der Waals surface area (Å²) in [6, 6.07) is 27.5. The van der Waals surface area contributed by atoms with Crippen molar-refractivity contribution in [2.75, 3.05) is 0 Å². The first-order valence-electron chi connectivity index (χ1n) is 14.5. The fraction of sp³-hybridized carbons (Fsp3) is 0.297. The van der Waals surface area contributed by atoms with Gasteiger partial charge in [0.2, 0.25) is 0 Å². The van der Waals surface area contributed by atoms with Gasteiger partial charge in [-0.15, -0.1) is 0 Å². The van der Waals surface area contributed by atoms with Crippen molar-refractivity contribution in [2.45, 2.75) is 70.6 Å². The molecule has 7 rings (SSSR count). The maximum atomic E-state index is 6.84. The van der Waals surface area contributed by atoms with E-state index in [4.69, 9.17) is 13.6 Å². The summed E-state index contributed by atoms with van der Waals surface area (Å²) < 4.78 is 20.3. The summed E-state index contributed by atoms with van der Waals surface area (Å²) in [6.07, 6.45) is 6.28. The van der Waals surface area contributed by atoms with Gasteiger partial charge in [0, 0.05) is 22.1 Å². The summed E-state index contributed by atoms with van der Waals surface area (Å²) in [7, 11) is -1.78. The van der Waals surface area contributed by atoms with E-state index in [1.165, 1.54) is 33.4 Å². The number of aryl methyl sites for hydroxylation is 2. The summed E-state index contributed by atoms with van der Waals surface area (Å²) in [5, 5.41) is 0. The van der Waals surface area contributed by atoms with Crippen molar-refractivity contribution in [3.05, 3.63) is 123 Å². The van der Waals surface area contributed by atoms with Crippen LogP contribution >= 0.6 is 8.60 Å². The van der Waals surface area contributed by atoms with Crippen LogP contribution in [0.5, 0.6) is 17.2 Å². The Kier molecular flexibility index (Phi) is 5.93. The van der Waals surface area contributed by atoms with Gasteiger partial charge in [-0.2, -0.15) is 0 Å². The predicted molar refractivity (Wildman–Crippen MR) is 169 cm³/mol. The second-order valence-electron chi connectivity index (χ2n) is 13.4. The number of para-hydroxylation sites is 1. The summed E-state index contributed by atoms with van der Waals surface area (Å²) in [6.45, 7) is 13.9. The zero-order valence-electron chi connectivity index (χ0n) is 24.7. The maximum Gasteiger partial charge on any atom is 0.530 e. The number of benzene rings is 4. The van der Waals surface area contributed by atoms with Gasteiger partial charge in [0.1, 0.15) is 17.2 Å². The molecule has 0 bridgehead atoms. The largest absolute Gasteiger partial charge is 0.530 e. The van der Waals surface area contributed by atoms with Gasteiger partial charge in [0.15, 0.2) is 0 Å². The summed E-state index contributed by atoms with van der Waals surface area (Å²) in [5.41, 5.74) is 9.86. The number of hydrogen-bond donors (Lipinski definition) is 0. The molecule has 41 heavy (non-hydrogen) atoms. The molecular formula is C37H37O3P. The molecular weight excluding hydrogens is 523 g/mol. The lowest BCUT2D eigenvalue weighted by Crippen LogP contribution is -2.28. The van der Waals surface area contributed by atoms with Crippen LogP contribution in [0.3, 0.4) is 0 Å². The first-order chi connectivity index (χ1) is 19.6. The Bertz CT molecular complexity index is 1620. The van der Waals surface area contributed by atoms with Gasteiger partial charge in [0.05, 0.1) is 0 Å². The number of rotatable bonds is 4. The van der Waals surface area contributed by atoms with E-state index in [1.54, 1.807) is 0 Å². The molecule has 4 heteroatoms. The molecule has 1 aliphatic heterocycles. The van der Waals surface area contributed by atoms with E-state index >= 15 is 0 Å². The van der Waals surface area contributed by atoms with Gasteiger partial charge < -0.3 is 13.6 Å². The molecule has 0 saturated carbocycles. The molecule has 0 saturated heterocycles. The van der Waals surface area contributed by atoms with E-state index in [0.717, 1.165) is 41.2 Å². The van der Waals surface area contributed by atoms with Crippen molar-refractivity contribution in [3.63, 3.8) is 0 Å². The second-order valence-corrected chi connectivity index (χ2v) is 14.3. The van der Waals surface area contributed by atoms with E-state index in [0.29, 0.717) is 0 Å². The molecule has 0 N–H and O–H groups in total. The predicted octanol–water partition coefficient (Wildman–Crippen LogP) is 10.2. The summed E-state index contributed by atoms with van der Waals surface area (Å²) in [4.78, 5) is 0. The lowest BCUT2D eigenvalue weighted by molar-refractivity contribution is 0.327. The minimum atomic E-state index is -1.78. The molecule has 3 nitrogen and oxygen atoms in total. The van der Waals surface area contributed by atoms with Gasteiger partial charge in [0.25, 0.3) is 0 Å². The minimum absolute atomic E-state index is 0.0160. The number of hydrogen-bond acceptors (Lipinski definition) is 3. The molecule has 0 atom stereocenters. The first kappa shape index (κ1) is 26.4. The molecule has 0 radical (unpaired) electrons. The lowest BCUT2D eigenvalue weighted by atomic mass is 9.72. The molecule has 0 aromatic heterocycles. The topological polar surface area (TPSA) is 27.7 Å². The highest BCUT2D eigenvalue weighted by atomic mass is 31.2. The fourth-order valence-corrected chi connectivity index (χ4v) is 8.74. The van der Waals surface area contributed by atoms with Crippen molar-refractivity contribution in [1.29, 1.82) is 0 Å². The van der Waals surface area contributed by atoms with Crippen molar-refractivity contribution in [1.82, 2.24) is 0 Å². The van der Waals surface area contributed by atoms with Gasteiger partial charge in [-0.1, -0.05) is 101 Å². The minimum Gasteiger partial charge on any atom is -0.408 e. The van der Waals surface area contributed by atoms with Crippen LogP contribution in [0, 0.1) is 13.8 Å². The van der Waals surface area contributed by atoms with Crippen molar-refractivity contribution in [2.24, 2.45) is 0 Å². The monoisotopic (exact) mass is 560 g/mol. The Morgan fingerprint density at radius 2 is 1.22 bits per heavy atom. The Morgan fingerprint density at radius 1 is 0.683 bits per heavy atom. The van der Waals surface area contributed by atoms with Crippen molar-refractivity contribution < 1.29 is 13.6 Å². The fourth-order valence-electron chi connectivity index (χ4n) is 7.69. The SMILES string of the molecule is Cc1cc2c3c(c1)C(C)(C)CC31CC(C)(C)c3cc(C)cc(c31)OP(Oc1ccccc1/C=C/c1ccccc1)O2. The van der Waals surface area contributed by atoms with E-state index in [9.17, 15) is 0 Å². The second kappa shape index (κ2) is 9.23. The van der Waals surface area contributed by atoms with Gasteiger partial charge in [-0.05, 0) is 83.5 Å². The highest BCUT2D eigenvalue weighted by molar-refractivity contribution is 7.43. The Morgan fingerprint density at radius 3 is 1.80 bits per heavy atom. The van der Waals surface area contributed by atoms with Crippen LogP contribution < -0.4 is 13.6 Å². The van der Waals surface area contributed by atoms with Crippen molar-refractivity contribution in [3.8, 4) is 17.2 Å². The average Bonchev–Trinajstić information content (AvgIpc) is 3.26. The summed E-state index contributed by atoms with van der Waals surface area (Å²) >= 11 is 0. The molecule has 0 unspecified atom stereocenters. The first-order valence-corrected chi connectivity index (χ1v) is 15.6. The highest BCUT2D eigenvalue weighted by Gasteiger charge is 2.60. The van der Waals surface area contributed by atoms with Crippen LogP contribution in [0.4, 0.5) is 0 Å². The summed E-state index contributed by atoms with van der Waals surface area (Å²) in [5.74, 6) is 2.56. The van der Waals surface area contributed by atoms with Gasteiger partial charge in [-0.25, -0.2) is 0 Å². The average molecular weight is 561 g/mol. The smallest absolute Gasteiger partial charge is 0.408 e. The standard InChI is InChI=1S/C37H37O3P/c1-24-18-28-33-31(20-24)39-41(38-30-15-11-10-14-27(30)17-16-26-12-8-7-9-13-26)40-32-21-25(2)19-29-34(32)37(33,22-35(28,3)4)23-36(29,5)6/h7-21H,22-23H2,1-6H3/b17-16+. The van der Waals surface area contributed by atoms with E-state index in [2.05, 4.69) is 96.2 Å². The van der Waals surface area contributed by atoms with Crippen LogP contribution in [0.1, 0.15) is 85.0 Å². The third-order valence-corrected chi connectivity index (χ3v) is 10.1. The quantitative estimate of drug-likeness (QED) is 0.184. The third kappa shape index (κ3) is 4.29. The molecule has 0 amide bonds. The van der Waals surface area contributed by atoms with Gasteiger partial charge in [-0.3, -0.25) is 0 Å². The van der Waals surface area contributed by atoms with Crippen molar-refractivity contribution >= 4 is 20.8 Å². The van der Waals surface area contributed by atoms with E-state index in [-0.39, 0.29) is 16.2 Å². The molecule has 2 aliphatic carbocycles. The van der Waals surface area contributed by atoms with Crippen LogP contribution in [0.2, 0.25) is 0 Å². The molecule has 4 aromatic carbocycles. The Hall–Kier alpha value is -3.55. The zero-order valence-corrected chi connectivity index (χ0v) is 25.6. The van der Waals surface area contributed by atoms with Crippen LogP contribution in [-0.2, 0) is 16.2 Å². The highest BCUT2D eigenvalue weighted by Crippen LogP contribution is 2.68. The normalized spacial score (nSPS) is 19.1. The van der Waals surface area contributed by atoms with Crippen LogP contribution in [0.25, 0.3) is 12.2 Å². The van der Waals surface area contributed by atoms with Gasteiger partial charge >= 0.3 is 8.60 Å². The maximum absolute atomic E-state index is 6.84. The molecule has 1 heterocycles. The molecule has 4 aromatic rings. The van der Waals surface area contributed by atoms with E-state index < -0.39 is 8.60 Å². The third-order valence-electron chi connectivity index (χ3n) is 9.09. The van der Waals surface area contributed by atoms with Crippen LogP contribution in [0.15, 0.2) is 78.9 Å². The lowest BCUT2D eigenvalue weighted by Gasteiger charge is -2.34. The van der Waals surface area contributed by atoms with E-state index in [1.807, 2.05) is 36.4 Å².